The number of thioether (sulfide) groups is 1. The minimum Gasteiger partial charge on any atom is -0.481 e. The third-order valence-electron chi connectivity index (χ3n) is 5.16. The van der Waals surface area contributed by atoms with Crippen LogP contribution >= 0.6 is 11.8 Å². The highest BCUT2D eigenvalue weighted by Crippen LogP contribution is 2.20. The molecular weight excluding hydrogens is 486 g/mol. The molecule has 1 saturated heterocycles. The van der Waals surface area contributed by atoms with Gasteiger partial charge < -0.3 is 36.8 Å². The van der Waals surface area contributed by atoms with Gasteiger partial charge in [0, 0.05) is 13.5 Å². The van der Waals surface area contributed by atoms with Crippen LogP contribution in [0.3, 0.4) is 0 Å². The zero-order chi connectivity index (χ0) is 26.7. The predicted octanol–water partition coefficient (Wildman–Crippen LogP) is -2.36. The van der Waals surface area contributed by atoms with Gasteiger partial charge in [-0.3, -0.25) is 28.8 Å². The molecule has 14 nitrogen and oxygen atoms in total. The van der Waals surface area contributed by atoms with E-state index in [0.717, 1.165) is 4.90 Å². The number of likely N-dealkylation sites (tertiary alicyclic amines) is 1. The van der Waals surface area contributed by atoms with Gasteiger partial charge >= 0.3 is 11.9 Å². The van der Waals surface area contributed by atoms with Crippen molar-refractivity contribution >= 4 is 53.2 Å². The number of hydrogen-bond donors (Lipinski definition) is 6. The van der Waals surface area contributed by atoms with E-state index in [9.17, 15) is 43.8 Å². The van der Waals surface area contributed by atoms with E-state index in [1.54, 1.807) is 6.26 Å². The number of nitrogens with two attached hydrogens (primary N) is 1. The first-order valence-electron chi connectivity index (χ1n) is 10.8. The Morgan fingerprint density at radius 2 is 1.66 bits per heavy atom. The maximum atomic E-state index is 13.2. The monoisotopic (exact) mass is 517 g/mol. The van der Waals surface area contributed by atoms with Crippen LogP contribution in [0.4, 0.5) is 0 Å². The molecule has 1 fully saturated rings. The lowest BCUT2D eigenvalue weighted by Gasteiger charge is -2.29. The lowest BCUT2D eigenvalue weighted by atomic mass is 10.1. The fourth-order valence-corrected chi connectivity index (χ4v) is 4.04. The molecule has 1 aliphatic heterocycles. The zero-order valence-electron chi connectivity index (χ0n) is 19.4. The fraction of sp³-hybridized carbons (Fsp3) is 0.650. The minimum absolute atomic E-state index is 0.0675. The summed E-state index contributed by atoms with van der Waals surface area (Å²) in [5.74, 6) is -6.21. The van der Waals surface area contributed by atoms with Crippen LogP contribution in [0.15, 0.2) is 0 Å². The van der Waals surface area contributed by atoms with Gasteiger partial charge in [-0.1, -0.05) is 0 Å². The number of carbonyl (C=O) groups excluding carboxylic acids is 5. The van der Waals surface area contributed by atoms with Crippen molar-refractivity contribution in [2.75, 3.05) is 18.6 Å². The molecule has 15 heteroatoms. The summed E-state index contributed by atoms with van der Waals surface area (Å²) >= 11 is 1.43. The highest BCUT2D eigenvalue weighted by molar-refractivity contribution is 7.98. The highest BCUT2D eigenvalue weighted by atomic mass is 32.2. The van der Waals surface area contributed by atoms with Gasteiger partial charge in [0.05, 0.1) is 12.8 Å². The fourth-order valence-electron chi connectivity index (χ4n) is 3.57. The maximum Gasteiger partial charge on any atom is 0.326 e. The van der Waals surface area contributed by atoms with E-state index in [2.05, 4.69) is 16.0 Å². The van der Waals surface area contributed by atoms with Crippen molar-refractivity contribution in [2.24, 2.45) is 5.73 Å². The SMILES string of the molecule is CSCC[C@H](NC(C)=O)C(=O)N[C@@H](CC(=O)O)C(=O)N1CCC[C@H]1C(=O)N[C@@H](CC(N)=O)C(=O)O. The predicted molar refractivity (Wildman–Crippen MR) is 123 cm³/mol. The Morgan fingerprint density at radius 1 is 1.00 bits per heavy atom. The number of primary amides is 1. The van der Waals surface area contributed by atoms with Crippen LogP contribution in [0.5, 0.6) is 0 Å². The number of carboxylic acids is 2. The standard InChI is InChI=1S/C20H31N5O9S/c1-10(26)22-11(5-7-35-2)17(30)23-12(9-16(28)29)19(32)25-6-3-4-14(25)18(31)24-13(20(33)34)8-15(21)27/h11-14H,3-9H2,1-2H3,(H2,21,27)(H,22,26)(H,23,30)(H,24,31)(H,28,29)(H,33,34)/t11-,12-,13-,14-/m0/s1. The number of carboxylic acid groups (broad SMARTS) is 2. The van der Waals surface area contributed by atoms with Gasteiger partial charge in [-0.2, -0.15) is 11.8 Å². The summed E-state index contributed by atoms with van der Waals surface area (Å²) < 4.78 is 0. The Morgan fingerprint density at radius 3 is 2.17 bits per heavy atom. The van der Waals surface area contributed by atoms with Crippen molar-refractivity contribution in [3.05, 3.63) is 0 Å². The largest absolute Gasteiger partial charge is 0.481 e. The number of aliphatic carboxylic acids is 2. The molecule has 1 rings (SSSR count). The first-order chi connectivity index (χ1) is 16.4. The molecule has 5 amide bonds. The number of rotatable bonds is 14. The molecule has 0 aromatic heterocycles. The topological polar surface area (TPSA) is 225 Å². The third-order valence-corrected chi connectivity index (χ3v) is 5.80. The van der Waals surface area contributed by atoms with Gasteiger partial charge in [-0.25, -0.2) is 4.79 Å². The van der Waals surface area contributed by atoms with Crippen molar-refractivity contribution in [3.63, 3.8) is 0 Å². The molecule has 1 heterocycles. The van der Waals surface area contributed by atoms with Gasteiger partial charge in [-0.15, -0.1) is 0 Å². The Labute approximate surface area is 205 Å². The molecule has 0 aliphatic carbocycles. The zero-order valence-corrected chi connectivity index (χ0v) is 20.3. The molecule has 7 N–H and O–H groups in total. The molecule has 0 spiro atoms. The molecule has 0 radical (unpaired) electrons. The Bertz CT molecular complexity index is 853. The lowest BCUT2D eigenvalue weighted by Crippen LogP contribution is -2.58. The third kappa shape index (κ3) is 9.80. The molecule has 0 bridgehead atoms. The molecule has 0 aromatic rings. The van der Waals surface area contributed by atoms with Crippen LogP contribution in [-0.4, -0.2) is 99.3 Å². The van der Waals surface area contributed by atoms with Gasteiger partial charge in [-0.05, 0) is 31.3 Å². The van der Waals surface area contributed by atoms with E-state index in [4.69, 9.17) is 5.73 Å². The second-order valence-corrected chi connectivity index (χ2v) is 8.94. The van der Waals surface area contributed by atoms with Crippen molar-refractivity contribution in [1.82, 2.24) is 20.9 Å². The number of amides is 5. The molecule has 0 saturated carbocycles. The van der Waals surface area contributed by atoms with Crippen molar-refractivity contribution < 1.29 is 43.8 Å². The van der Waals surface area contributed by atoms with E-state index in [-0.39, 0.29) is 19.4 Å². The summed E-state index contributed by atoms with van der Waals surface area (Å²) in [7, 11) is 0. The first-order valence-corrected chi connectivity index (χ1v) is 12.2. The Kier molecular flexibility index (Phi) is 12.0. The second kappa shape index (κ2) is 14.1. The smallest absolute Gasteiger partial charge is 0.326 e. The summed E-state index contributed by atoms with van der Waals surface area (Å²) in [6.45, 7) is 1.29. The van der Waals surface area contributed by atoms with E-state index >= 15 is 0 Å². The Hall–Kier alpha value is -3.36. The van der Waals surface area contributed by atoms with E-state index in [0.29, 0.717) is 12.2 Å². The van der Waals surface area contributed by atoms with E-state index in [1.165, 1.54) is 18.7 Å². The molecule has 1 aliphatic rings. The van der Waals surface area contributed by atoms with Crippen LogP contribution in [0.25, 0.3) is 0 Å². The minimum atomic E-state index is -1.60. The molecule has 35 heavy (non-hydrogen) atoms. The van der Waals surface area contributed by atoms with Crippen molar-refractivity contribution in [3.8, 4) is 0 Å². The van der Waals surface area contributed by atoms with Gasteiger partial charge in [0.2, 0.25) is 29.5 Å². The molecule has 0 unspecified atom stereocenters. The lowest BCUT2D eigenvalue weighted by molar-refractivity contribution is -0.147. The summed E-state index contributed by atoms with van der Waals surface area (Å²) in [5.41, 5.74) is 5.01. The second-order valence-electron chi connectivity index (χ2n) is 7.95. The number of carbonyl (C=O) groups is 7. The van der Waals surface area contributed by atoms with Gasteiger partial charge in [0.15, 0.2) is 0 Å². The molecule has 196 valence electrons. The molecular formula is C20H31N5O9S. The summed E-state index contributed by atoms with van der Waals surface area (Å²) in [5, 5.41) is 25.5. The number of nitrogens with one attached hydrogen (secondary N) is 3. The normalized spacial score (nSPS) is 17.5. The molecule has 4 atom stereocenters. The van der Waals surface area contributed by atoms with Crippen LogP contribution < -0.4 is 21.7 Å². The van der Waals surface area contributed by atoms with E-state index in [1.807, 2.05) is 0 Å². The number of hydrogen-bond acceptors (Lipinski definition) is 8. The molecule has 0 aromatic carbocycles. The van der Waals surface area contributed by atoms with Crippen LogP contribution in [-0.2, 0) is 33.6 Å². The number of nitrogens with zero attached hydrogens (tertiary/aromatic N) is 1. The van der Waals surface area contributed by atoms with Gasteiger partial charge in [0.1, 0.15) is 24.2 Å². The highest BCUT2D eigenvalue weighted by Gasteiger charge is 2.40. The van der Waals surface area contributed by atoms with Crippen molar-refractivity contribution in [2.45, 2.75) is 63.2 Å². The van der Waals surface area contributed by atoms with Crippen LogP contribution in [0.1, 0.15) is 39.0 Å². The van der Waals surface area contributed by atoms with Crippen molar-refractivity contribution in [1.29, 1.82) is 0 Å². The quantitative estimate of drug-likeness (QED) is 0.144. The average molecular weight is 518 g/mol. The average Bonchev–Trinajstić information content (AvgIpc) is 3.24. The van der Waals surface area contributed by atoms with Gasteiger partial charge in [0.25, 0.3) is 0 Å². The summed E-state index contributed by atoms with van der Waals surface area (Å²) in [6, 6.07) is -5.25. The van der Waals surface area contributed by atoms with E-state index < -0.39 is 78.5 Å². The van der Waals surface area contributed by atoms with Crippen LogP contribution in [0.2, 0.25) is 0 Å². The summed E-state index contributed by atoms with van der Waals surface area (Å²) in [4.78, 5) is 85.0. The van der Waals surface area contributed by atoms with Crippen LogP contribution in [0, 0.1) is 0 Å². The first kappa shape index (κ1) is 29.7. The maximum absolute atomic E-state index is 13.2. The Balaban J connectivity index is 3.04. The summed E-state index contributed by atoms with van der Waals surface area (Å²) in [6.07, 6.45) is 1.15.